The van der Waals surface area contributed by atoms with Crippen LogP contribution in [0, 0.1) is 6.92 Å². The van der Waals surface area contributed by atoms with E-state index in [2.05, 4.69) is 25.9 Å². The van der Waals surface area contributed by atoms with Gasteiger partial charge in [-0.15, -0.1) is 0 Å². The van der Waals surface area contributed by atoms with Crippen LogP contribution in [0.5, 0.6) is 5.75 Å². The predicted octanol–water partition coefficient (Wildman–Crippen LogP) is 3.30. The van der Waals surface area contributed by atoms with E-state index in [9.17, 15) is 0 Å². The van der Waals surface area contributed by atoms with Gasteiger partial charge in [0.1, 0.15) is 5.75 Å². The highest BCUT2D eigenvalue weighted by Gasteiger charge is 2.04. The molecular weight excluding hydrogens is 292 g/mol. The van der Waals surface area contributed by atoms with Crippen molar-refractivity contribution in [3.8, 4) is 5.75 Å². The van der Waals surface area contributed by atoms with Gasteiger partial charge in [0.15, 0.2) is 0 Å². The number of alkyl halides is 1. The minimum atomic E-state index is 0.613. The molecule has 0 atom stereocenters. The maximum absolute atomic E-state index is 5.75. The van der Waals surface area contributed by atoms with Gasteiger partial charge < -0.3 is 4.74 Å². The highest BCUT2D eigenvalue weighted by molar-refractivity contribution is 9.08. The molecule has 0 N–H and O–H groups in total. The van der Waals surface area contributed by atoms with Gasteiger partial charge in [-0.3, -0.25) is 9.97 Å². The average molecular weight is 307 g/mol. The summed E-state index contributed by atoms with van der Waals surface area (Å²) in [5, 5.41) is 0.702. The Kier molecular flexibility index (Phi) is 4.70. The van der Waals surface area contributed by atoms with Crippen LogP contribution < -0.4 is 4.74 Å². The van der Waals surface area contributed by atoms with Crippen LogP contribution in [-0.2, 0) is 11.8 Å². The third kappa shape index (κ3) is 3.53. The molecule has 0 unspecified atom stereocenters. The van der Waals surface area contributed by atoms with Gasteiger partial charge >= 0.3 is 0 Å². The van der Waals surface area contributed by atoms with Gasteiger partial charge in [0.2, 0.25) is 0 Å². The molecule has 4 heteroatoms. The summed E-state index contributed by atoms with van der Waals surface area (Å²) in [6.07, 6.45) is 2.60. The van der Waals surface area contributed by atoms with Crippen LogP contribution in [0.2, 0.25) is 0 Å². The molecule has 2 aromatic heterocycles. The third-order valence-electron chi connectivity index (χ3n) is 2.54. The average Bonchev–Trinajstić information content (AvgIpc) is 2.41. The summed E-state index contributed by atoms with van der Waals surface area (Å²) in [6, 6.07) is 9.83. The fourth-order valence-corrected chi connectivity index (χ4v) is 2.04. The minimum absolute atomic E-state index is 0.613. The Bertz CT molecular complexity index is 502. The first-order valence-electron chi connectivity index (χ1n) is 5.85. The smallest absolute Gasteiger partial charge is 0.141 e. The van der Waals surface area contributed by atoms with Crippen molar-refractivity contribution >= 4 is 15.9 Å². The second kappa shape index (κ2) is 6.50. The van der Waals surface area contributed by atoms with Gasteiger partial charge in [0, 0.05) is 29.3 Å². The molecule has 2 aromatic rings. The fourth-order valence-electron chi connectivity index (χ4n) is 1.64. The molecule has 0 aliphatic rings. The standard InChI is InChI=1S/C14H15BrN2O/c1-11-5-6-14(13(10-15)17-11)18-9-7-12-4-2-3-8-16-12/h2-6,8H,7,9-10H2,1H3. The quantitative estimate of drug-likeness (QED) is 0.795. The molecule has 0 aliphatic heterocycles. The molecule has 0 aliphatic carbocycles. The number of nitrogens with zero attached hydrogens (tertiary/aromatic N) is 2. The number of hydrogen-bond donors (Lipinski definition) is 0. The number of hydrogen-bond acceptors (Lipinski definition) is 3. The molecule has 0 saturated heterocycles. The number of halogens is 1. The number of aromatic nitrogens is 2. The second-order valence-electron chi connectivity index (χ2n) is 3.95. The normalized spacial score (nSPS) is 10.3. The lowest BCUT2D eigenvalue weighted by molar-refractivity contribution is 0.316. The number of ether oxygens (including phenoxy) is 1. The molecule has 0 aromatic carbocycles. The van der Waals surface area contributed by atoms with Crippen molar-refractivity contribution in [2.24, 2.45) is 0 Å². The summed E-state index contributed by atoms with van der Waals surface area (Å²) >= 11 is 3.42. The maximum atomic E-state index is 5.75. The molecule has 3 nitrogen and oxygen atoms in total. The van der Waals surface area contributed by atoms with E-state index in [1.54, 1.807) is 6.20 Å². The maximum Gasteiger partial charge on any atom is 0.141 e. The van der Waals surface area contributed by atoms with Crippen molar-refractivity contribution in [3.63, 3.8) is 0 Å². The molecule has 0 spiro atoms. The number of rotatable bonds is 5. The lowest BCUT2D eigenvalue weighted by atomic mass is 10.3. The van der Waals surface area contributed by atoms with E-state index in [-0.39, 0.29) is 0 Å². The van der Waals surface area contributed by atoms with Crippen molar-refractivity contribution in [1.29, 1.82) is 0 Å². The first-order valence-corrected chi connectivity index (χ1v) is 6.97. The Balaban J connectivity index is 1.94. The molecule has 0 radical (unpaired) electrons. The Hall–Kier alpha value is -1.42. The van der Waals surface area contributed by atoms with E-state index in [1.165, 1.54) is 0 Å². The van der Waals surface area contributed by atoms with Crippen LogP contribution in [0.3, 0.4) is 0 Å². The summed E-state index contributed by atoms with van der Waals surface area (Å²) in [4.78, 5) is 8.69. The van der Waals surface area contributed by atoms with E-state index >= 15 is 0 Å². The predicted molar refractivity (Wildman–Crippen MR) is 75.0 cm³/mol. The van der Waals surface area contributed by atoms with Gasteiger partial charge in [-0.1, -0.05) is 22.0 Å². The fraction of sp³-hybridized carbons (Fsp3) is 0.286. The SMILES string of the molecule is Cc1ccc(OCCc2ccccn2)c(CBr)n1. The van der Waals surface area contributed by atoms with Crippen molar-refractivity contribution in [1.82, 2.24) is 9.97 Å². The highest BCUT2D eigenvalue weighted by Crippen LogP contribution is 2.19. The summed E-state index contributed by atoms with van der Waals surface area (Å²) in [5.74, 6) is 0.841. The lowest BCUT2D eigenvalue weighted by Gasteiger charge is -2.09. The van der Waals surface area contributed by atoms with Crippen LogP contribution in [0.15, 0.2) is 36.5 Å². The van der Waals surface area contributed by atoms with E-state index in [1.807, 2.05) is 37.3 Å². The van der Waals surface area contributed by atoms with Gasteiger partial charge in [0.25, 0.3) is 0 Å². The van der Waals surface area contributed by atoms with Crippen molar-refractivity contribution < 1.29 is 4.74 Å². The zero-order valence-electron chi connectivity index (χ0n) is 10.3. The third-order valence-corrected chi connectivity index (χ3v) is 3.07. The number of pyridine rings is 2. The zero-order chi connectivity index (χ0) is 12.8. The van der Waals surface area contributed by atoms with Gasteiger partial charge in [0.05, 0.1) is 12.3 Å². The lowest BCUT2D eigenvalue weighted by Crippen LogP contribution is -2.05. The van der Waals surface area contributed by atoms with Crippen LogP contribution in [-0.4, -0.2) is 16.6 Å². The van der Waals surface area contributed by atoms with E-state index in [4.69, 9.17) is 4.74 Å². The molecule has 2 heterocycles. The van der Waals surface area contributed by atoms with E-state index < -0.39 is 0 Å². The molecule has 0 saturated carbocycles. The molecule has 2 rings (SSSR count). The first-order chi connectivity index (χ1) is 8.79. The van der Waals surface area contributed by atoms with Gasteiger partial charge in [-0.25, -0.2) is 0 Å². The summed E-state index contributed by atoms with van der Waals surface area (Å²) in [7, 11) is 0. The van der Waals surface area contributed by atoms with E-state index in [0.29, 0.717) is 11.9 Å². The van der Waals surface area contributed by atoms with Gasteiger partial charge in [-0.2, -0.15) is 0 Å². The monoisotopic (exact) mass is 306 g/mol. The van der Waals surface area contributed by atoms with Crippen molar-refractivity contribution in [2.45, 2.75) is 18.7 Å². The van der Waals surface area contributed by atoms with E-state index in [0.717, 1.165) is 29.3 Å². The van der Waals surface area contributed by atoms with Crippen LogP contribution in [0.1, 0.15) is 17.1 Å². The first kappa shape index (κ1) is 13.0. The molecule has 0 fully saturated rings. The Morgan fingerprint density at radius 2 is 2.11 bits per heavy atom. The Morgan fingerprint density at radius 1 is 1.22 bits per heavy atom. The van der Waals surface area contributed by atoms with Crippen LogP contribution in [0.25, 0.3) is 0 Å². The zero-order valence-corrected chi connectivity index (χ0v) is 11.9. The molecule has 0 bridgehead atoms. The number of aryl methyl sites for hydroxylation is 1. The van der Waals surface area contributed by atoms with Gasteiger partial charge in [-0.05, 0) is 31.2 Å². The summed E-state index contributed by atoms with van der Waals surface area (Å²) < 4.78 is 5.75. The highest BCUT2D eigenvalue weighted by atomic mass is 79.9. The van der Waals surface area contributed by atoms with Crippen LogP contribution >= 0.6 is 15.9 Å². The molecule has 0 amide bonds. The second-order valence-corrected chi connectivity index (χ2v) is 4.51. The Labute approximate surface area is 115 Å². The molecule has 94 valence electrons. The topological polar surface area (TPSA) is 35.0 Å². The summed E-state index contributed by atoms with van der Waals surface area (Å²) in [5.41, 5.74) is 2.98. The van der Waals surface area contributed by atoms with Crippen molar-refractivity contribution in [3.05, 3.63) is 53.6 Å². The van der Waals surface area contributed by atoms with Crippen LogP contribution in [0.4, 0.5) is 0 Å². The van der Waals surface area contributed by atoms with Crippen molar-refractivity contribution in [2.75, 3.05) is 6.61 Å². The Morgan fingerprint density at radius 3 is 2.83 bits per heavy atom. The minimum Gasteiger partial charge on any atom is -0.491 e. The largest absolute Gasteiger partial charge is 0.491 e. The summed E-state index contributed by atoms with van der Waals surface area (Å²) in [6.45, 7) is 2.59. The molecule has 18 heavy (non-hydrogen) atoms. The molecular formula is C14H15BrN2O.